The van der Waals surface area contributed by atoms with E-state index in [1.165, 1.54) is 16.7 Å². The molecule has 3 N–H and O–H groups in total. The van der Waals surface area contributed by atoms with Gasteiger partial charge in [-0.2, -0.15) is 0 Å². The van der Waals surface area contributed by atoms with E-state index >= 15 is 0 Å². The van der Waals surface area contributed by atoms with Gasteiger partial charge in [-0.15, -0.1) is 0 Å². The summed E-state index contributed by atoms with van der Waals surface area (Å²) in [6, 6.07) is 6.83. The van der Waals surface area contributed by atoms with Gasteiger partial charge in [0.2, 0.25) is 0 Å². The number of aliphatic carboxylic acids is 1. The fourth-order valence-corrected chi connectivity index (χ4v) is 4.26. The van der Waals surface area contributed by atoms with Crippen LogP contribution < -0.4 is 10.6 Å². The molecule has 1 aromatic rings. The summed E-state index contributed by atoms with van der Waals surface area (Å²) in [7, 11) is 0. The van der Waals surface area contributed by atoms with E-state index in [-0.39, 0.29) is 30.1 Å². The first kappa shape index (κ1) is 19.7. The van der Waals surface area contributed by atoms with E-state index in [4.69, 9.17) is 5.11 Å². The molecule has 2 amide bonds. The fraction of sp³-hybridized carbons (Fsp3) is 0.619. The van der Waals surface area contributed by atoms with Crippen molar-refractivity contribution in [1.29, 1.82) is 0 Å². The summed E-state index contributed by atoms with van der Waals surface area (Å²) in [6.45, 7) is 7.67. The third-order valence-corrected chi connectivity index (χ3v) is 6.10. The summed E-state index contributed by atoms with van der Waals surface area (Å²) in [5.74, 6) is -0.799. The lowest BCUT2D eigenvalue weighted by atomic mass is 9.85. The molecule has 0 saturated heterocycles. The largest absolute Gasteiger partial charge is 0.480 e. The molecule has 6 nitrogen and oxygen atoms in total. The van der Waals surface area contributed by atoms with E-state index in [9.17, 15) is 9.59 Å². The molecule has 0 atom stereocenters. The highest BCUT2D eigenvalue weighted by atomic mass is 16.4. The minimum Gasteiger partial charge on any atom is -0.480 e. The molecule has 148 valence electrons. The molecule has 3 rings (SSSR count). The molecule has 2 saturated carbocycles. The van der Waals surface area contributed by atoms with Crippen LogP contribution in [-0.2, 0) is 10.2 Å². The van der Waals surface area contributed by atoms with Crippen LogP contribution in [0.2, 0.25) is 0 Å². The van der Waals surface area contributed by atoms with Crippen LogP contribution in [0.25, 0.3) is 0 Å². The van der Waals surface area contributed by atoms with Gasteiger partial charge in [0.15, 0.2) is 0 Å². The van der Waals surface area contributed by atoms with Crippen LogP contribution in [0.3, 0.4) is 0 Å². The molecule has 2 aliphatic carbocycles. The van der Waals surface area contributed by atoms with Gasteiger partial charge < -0.3 is 15.7 Å². The van der Waals surface area contributed by atoms with E-state index in [1.807, 2.05) is 11.8 Å². The van der Waals surface area contributed by atoms with Gasteiger partial charge in [-0.3, -0.25) is 9.69 Å². The number of nitrogens with one attached hydrogen (secondary N) is 2. The van der Waals surface area contributed by atoms with E-state index in [2.05, 4.69) is 42.7 Å². The van der Waals surface area contributed by atoms with Gasteiger partial charge in [0.05, 0.1) is 6.54 Å². The van der Waals surface area contributed by atoms with Crippen LogP contribution in [0, 0.1) is 13.8 Å². The van der Waals surface area contributed by atoms with Crippen molar-refractivity contribution in [2.75, 3.05) is 19.6 Å². The van der Waals surface area contributed by atoms with Crippen LogP contribution in [-0.4, -0.2) is 53.7 Å². The molecule has 0 spiro atoms. The lowest BCUT2D eigenvalue weighted by Gasteiger charge is -2.42. The van der Waals surface area contributed by atoms with E-state index in [0.29, 0.717) is 13.1 Å². The first-order chi connectivity index (χ1) is 12.8. The Morgan fingerprint density at radius 2 is 1.96 bits per heavy atom. The molecule has 27 heavy (non-hydrogen) atoms. The number of hydrogen-bond donors (Lipinski definition) is 3. The second kappa shape index (κ2) is 7.89. The summed E-state index contributed by atoms with van der Waals surface area (Å²) in [4.78, 5) is 25.1. The van der Waals surface area contributed by atoms with Crippen LogP contribution >= 0.6 is 0 Å². The van der Waals surface area contributed by atoms with Gasteiger partial charge in [0.25, 0.3) is 0 Å². The zero-order valence-electron chi connectivity index (χ0n) is 16.5. The van der Waals surface area contributed by atoms with E-state index < -0.39 is 5.97 Å². The first-order valence-corrected chi connectivity index (χ1v) is 9.91. The zero-order valence-corrected chi connectivity index (χ0v) is 16.5. The zero-order chi connectivity index (χ0) is 19.6. The SMILES string of the molecule is CCN(CC(=O)O)C1CC(NC(=O)NCC2(c3ccc(C)cc3C)CC2)C1. The monoisotopic (exact) mass is 373 g/mol. The number of carbonyl (C=O) groups is 2. The van der Waals surface area contributed by atoms with Gasteiger partial charge in [0.1, 0.15) is 0 Å². The third-order valence-electron chi connectivity index (χ3n) is 6.10. The third kappa shape index (κ3) is 4.61. The Morgan fingerprint density at radius 3 is 2.52 bits per heavy atom. The summed E-state index contributed by atoms with van der Waals surface area (Å²) in [5, 5.41) is 15.0. The quantitative estimate of drug-likeness (QED) is 0.654. The number of hydrogen-bond acceptors (Lipinski definition) is 3. The van der Waals surface area contributed by atoms with Gasteiger partial charge >= 0.3 is 12.0 Å². The molecular weight excluding hydrogens is 342 g/mol. The van der Waals surface area contributed by atoms with Crippen LogP contribution in [0.15, 0.2) is 18.2 Å². The molecule has 2 aliphatic rings. The number of carboxylic acid groups (broad SMARTS) is 1. The van der Waals surface area contributed by atoms with Crippen molar-refractivity contribution < 1.29 is 14.7 Å². The highest BCUT2D eigenvalue weighted by molar-refractivity contribution is 5.74. The number of likely N-dealkylation sites (N-methyl/N-ethyl adjacent to an activating group) is 1. The Bertz CT molecular complexity index is 709. The predicted octanol–water partition coefficient (Wildman–Crippen LogP) is 2.57. The van der Waals surface area contributed by atoms with E-state index in [1.54, 1.807) is 0 Å². The molecule has 0 aromatic heterocycles. The molecule has 0 heterocycles. The maximum absolute atomic E-state index is 12.3. The van der Waals surface area contributed by atoms with Gasteiger partial charge in [-0.25, -0.2) is 4.79 Å². The van der Waals surface area contributed by atoms with Crippen molar-refractivity contribution in [3.63, 3.8) is 0 Å². The number of benzene rings is 1. The van der Waals surface area contributed by atoms with E-state index in [0.717, 1.165) is 25.7 Å². The number of amides is 2. The topological polar surface area (TPSA) is 81.7 Å². The minimum absolute atomic E-state index is 0.0680. The fourth-order valence-electron chi connectivity index (χ4n) is 4.26. The maximum atomic E-state index is 12.3. The van der Waals surface area contributed by atoms with Crippen molar-refractivity contribution in [2.45, 2.75) is 64.0 Å². The van der Waals surface area contributed by atoms with Crippen molar-refractivity contribution >= 4 is 12.0 Å². The Balaban J connectivity index is 1.44. The average molecular weight is 373 g/mol. The predicted molar refractivity (Wildman–Crippen MR) is 105 cm³/mol. The summed E-state index contributed by atoms with van der Waals surface area (Å²) >= 11 is 0. The lowest BCUT2D eigenvalue weighted by Crippen LogP contribution is -2.56. The molecular formula is C21H31N3O3. The smallest absolute Gasteiger partial charge is 0.317 e. The highest BCUT2D eigenvalue weighted by Gasteiger charge is 2.45. The number of rotatable bonds is 8. The maximum Gasteiger partial charge on any atom is 0.317 e. The van der Waals surface area contributed by atoms with Crippen molar-refractivity contribution in [3.8, 4) is 0 Å². The standard InChI is InChI=1S/C21H31N3O3/c1-4-24(12-19(25)26)17-10-16(11-17)23-20(27)22-13-21(7-8-21)18-6-5-14(2)9-15(18)3/h5-6,9,16-17H,4,7-8,10-13H2,1-3H3,(H,25,26)(H2,22,23,27). The Hall–Kier alpha value is -2.08. The number of urea groups is 1. The Labute approximate surface area is 161 Å². The number of carboxylic acids is 1. The van der Waals surface area contributed by atoms with Gasteiger partial charge in [-0.05, 0) is 57.2 Å². The number of nitrogens with zero attached hydrogens (tertiary/aromatic N) is 1. The highest BCUT2D eigenvalue weighted by Crippen LogP contribution is 2.48. The summed E-state index contributed by atoms with van der Waals surface area (Å²) in [5.41, 5.74) is 4.01. The van der Waals surface area contributed by atoms with Crippen molar-refractivity contribution in [3.05, 3.63) is 34.9 Å². The van der Waals surface area contributed by atoms with Crippen LogP contribution in [0.1, 0.15) is 49.3 Å². The second-order valence-electron chi connectivity index (χ2n) is 8.20. The normalized spacial score (nSPS) is 22.8. The van der Waals surface area contributed by atoms with Crippen molar-refractivity contribution in [2.24, 2.45) is 0 Å². The summed E-state index contributed by atoms with van der Waals surface area (Å²) < 4.78 is 0. The molecule has 1 aromatic carbocycles. The summed E-state index contributed by atoms with van der Waals surface area (Å²) in [6.07, 6.45) is 3.86. The second-order valence-corrected chi connectivity index (χ2v) is 8.20. The molecule has 0 unspecified atom stereocenters. The van der Waals surface area contributed by atoms with Gasteiger partial charge in [-0.1, -0.05) is 30.7 Å². The molecule has 0 radical (unpaired) electrons. The Kier molecular flexibility index (Phi) is 5.75. The molecule has 0 bridgehead atoms. The van der Waals surface area contributed by atoms with Crippen LogP contribution in [0.5, 0.6) is 0 Å². The first-order valence-electron chi connectivity index (χ1n) is 9.91. The molecule has 6 heteroatoms. The lowest BCUT2D eigenvalue weighted by molar-refractivity contribution is -0.139. The minimum atomic E-state index is -0.799. The van der Waals surface area contributed by atoms with Crippen molar-refractivity contribution in [1.82, 2.24) is 15.5 Å². The van der Waals surface area contributed by atoms with Crippen LogP contribution in [0.4, 0.5) is 4.79 Å². The molecule has 0 aliphatic heterocycles. The Morgan fingerprint density at radius 1 is 1.26 bits per heavy atom. The average Bonchev–Trinajstić information content (AvgIpc) is 3.34. The number of aryl methyl sites for hydroxylation is 2. The number of carbonyl (C=O) groups excluding carboxylic acids is 1. The van der Waals surface area contributed by atoms with Gasteiger partial charge in [0, 0.05) is 24.0 Å². The molecule has 2 fully saturated rings.